The predicted octanol–water partition coefficient (Wildman–Crippen LogP) is 3.22. The second-order valence-corrected chi connectivity index (χ2v) is 3.12. The van der Waals surface area contributed by atoms with E-state index in [9.17, 15) is 9.18 Å². The molecule has 3 nitrogen and oxygen atoms in total. The number of carbonyl (C=O) groups is 1. The lowest BCUT2D eigenvalue weighted by Crippen LogP contribution is -2.31. The van der Waals surface area contributed by atoms with Crippen molar-refractivity contribution in [3.05, 3.63) is 35.6 Å². The van der Waals surface area contributed by atoms with E-state index in [2.05, 4.69) is 10.6 Å². The van der Waals surface area contributed by atoms with Crippen LogP contribution in [0.25, 0.3) is 0 Å². The number of halogens is 1. The number of amides is 1. The molecule has 0 heterocycles. The maximum atomic E-state index is 12.6. The number of hydrogen-bond acceptors (Lipinski definition) is 2. The van der Waals surface area contributed by atoms with Crippen LogP contribution in [0.5, 0.6) is 0 Å². The number of hydrogen-bond donors (Lipinski definition) is 2. The van der Waals surface area contributed by atoms with Gasteiger partial charge >= 0.3 is 0 Å². The van der Waals surface area contributed by atoms with Crippen molar-refractivity contribution in [1.82, 2.24) is 10.6 Å². The van der Waals surface area contributed by atoms with Gasteiger partial charge in [-0.25, -0.2) is 4.39 Å². The van der Waals surface area contributed by atoms with Crippen molar-refractivity contribution in [2.24, 2.45) is 0 Å². The van der Waals surface area contributed by atoms with E-state index in [1.165, 1.54) is 24.3 Å². The summed E-state index contributed by atoms with van der Waals surface area (Å²) in [6.45, 7) is 12.2. The van der Waals surface area contributed by atoms with E-state index in [4.69, 9.17) is 0 Å². The summed E-state index contributed by atoms with van der Waals surface area (Å²) in [5.41, 5.74) is 0.480. The molecule has 19 heavy (non-hydrogen) atoms. The lowest BCUT2D eigenvalue weighted by Gasteiger charge is -2.05. The van der Waals surface area contributed by atoms with Gasteiger partial charge in [-0.05, 0) is 30.8 Å². The first-order valence-electron chi connectivity index (χ1n) is 6.98. The SMILES string of the molecule is CC.CC.CCNCCNC(=O)c1ccc(F)cc1. The normalized spacial score (nSPS) is 8.53. The number of nitrogens with one attached hydrogen (secondary N) is 2. The monoisotopic (exact) mass is 270 g/mol. The van der Waals surface area contributed by atoms with E-state index >= 15 is 0 Å². The summed E-state index contributed by atoms with van der Waals surface area (Å²) in [5.74, 6) is -0.507. The molecule has 1 aromatic rings. The molecule has 1 aromatic carbocycles. The maximum Gasteiger partial charge on any atom is 0.251 e. The largest absolute Gasteiger partial charge is 0.351 e. The van der Waals surface area contributed by atoms with Gasteiger partial charge in [0.2, 0.25) is 0 Å². The Hall–Kier alpha value is -1.42. The van der Waals surface area contributed by atoms with E-state index < -0.39 is 0 Å². The first-order chi connectivity index (χ1) is 9.24. The van der Waals surface area contributed by atoms with Crippen LogP contribution in [0.2, 0.25) is 0 Å². The van der Waals surface area contributed by atoms with Crippen molar-refractivity contribution < 1.29 is 9.18 Å². The number of likely N-dealkylation sites (N-methyl/N-ethyl adjacent to an activating group) is 1. The van der Waals surface area contributed by atoms with E-state index in [-0.39, 0.29) is 11.7 Å². The molecule has 0 radical (unpaired) electrons. The minimum absolute atomic E-state index is 0.173. The zero-order valence-electron chi connectivity index (χ0n) is 12.7. The first kappa shape index (κ1) is 19.9. The van der Waals surface area contributed by atoms with Crippen molar-refractivity contribution in [2.45, 2.75) is 34.6 Å². The molecular formula is C15H27FN2O. The van der Waals surface area contributed by atoms with Gasteiger partial charge < -0.3 is 10.6 Å². The Kier molecular flexibility index (Phi) is 15.3. The highest BCUT2D eigenvalue weighted by molar-refractivity contribution is 5.94. The minimum Gasteiger partial charge on any atom is -0.351 e. The number of rotatable bonds is 5. The quantitative estimate of drug-likeness (QED) is 0.807. The Labute approximate surface area is 116 Å². The van der Waals surface area contributed by atoms with Gasteiger partial charge in [0.15, 0.2) is 0 Å². The van der Waals surface area contributed by atoms with Crippen molar-refractivity contribution >= 4 is 5.91 Å². The molecule has 2 N–H and O–H groups in total. The summed E-state index contributed by atoms with van der Waals surface area (Å²) < 4.78 is 12.6. The third-order valence-electron chi connectivity index (χ3n) is 1.94. The van der Waals surface area contributed by atoms with Gasteiger partial charge in [-0.15, -0.1) is 0 Å². The summed E-state index contributed by atoms with van der Waals surface area (Å²) in [6, 6.07) is 5.49. The average molecular weight is 270 g/mol. The van der Waals surface area contributed by atoms with Gasteiger partial charge in [-0.2, -0.15) is 0 Å². The molecule has 110 valence electrons. The summed E-state index contributed by atoms with van der Waals surface area (Å²) in [6.07, 6.45) is 0. The van der Waals surface area contributed by atoms with Gasteiger partial charge in [-0.1, -0.05) is 34.6 Å². The van der Waals surface area contributed by atoms with Crippen molar-refractivity contribution in [3.63, 3.8) is 0 Å². The zero-order valence-corrected chi connectivity index (χ0v) is 12.7. The van der Waals surface area contributed by atoms with Crippen LogP contribution >= 0.6 is 0 Å². The molecule has 0 fully saturated rings. The van der Waals surface area contributed by atoms with E-state index in [0.717, 1.165) is 13.1 Å². The predicted molar refractivity (Wildman–Crippen MR) is 80.0 cm³/mol. The fraction of sp³-hybridized carbons (Fsp3) is 0.533. The average Bonchev–Trinajstić information content (AvgIpc) is 2.48. The molecule has 0 saturated carbocycles. The van der Waals surface area contributed by atoms with Gasteiger partial charge in [0.05, 0.1) is 0 Å². The maximum absolute atomic E-state index is 12.6. The van der Waals surface area contributed by atoms with Gasteiger partial charge in [0.1, 0.15) is 5.82 Å². The van der Waals surface area contributed by atoms with Gasteiger partial charge in [0, 0.05) is 18.7 Å². The molecule has 0 aliphatic heterocycles. The van der Waals surface area contributed by atoms with Crippen molar-refractivity contribution in [2.75, 3.05) is 19.6 Å². The Morgan fingerprint density at radius 2 is 1.58 bits per heavy atom. The van der Waals surface area contributed by atoms with Crippen LogP contribution in [-0.4, -0.2) is 25.5 Å². The summed E-state index contributed by atoms with van der Waals surface area (Å²) in [4.78, 5) is 11.5. The van der Waals surface area contributed by atoms with Crippen LogP contribution in [0, 0.1) is 5.82 Å². The Morgan fingerprint density at radius 1 is 1.05 bits per heavy atom. The van der Waals surface area contributed by atoms with E-state index in [1.54, 1.807) is 0 Å². The second kappa shape index (κ2) is 14.6. The smallest absolute Gasteiger partial charge is 0.251 e. The summed E-state index contributed by atoms with van der Waals surface area (Å²) in [5, 5.41) is 5.82. The van der Waals surface area contributed by atoms with E-state index in [1.807, 2.05) is 34.6 Å². The van der Waals surface area contributed by atoms with Crippen molar-refractivity contribution in [3.8, 4) is 0 Å². The highest BCUT2D eigenvalue weighted by atomic mass is 19.1. The highest BCUT2D eigenvalue weighted by Gasteiger charge is 2.03. The topological polar surface area (TPSA) is 41.1 Å². The summed E-state index contributed by atoms with van der Waals surface area (Å²) in [7, 11) is 0. The third-order valence-corrected chi connectivity index (χ3v) is 1.94. The molecule has 4 heteroatoms. The number of carbonyl (C=O) groups excluding carboxylic acids is 1. The Morgan fingerprint density at radius 3 is 2.05 bits per heavy atom. The lowest BCUT2D eigenvalue weighted by atomic mass is 10.2. The lowest BCUT2D eigenvalue weighted by molar-refractivity contribution is 0.0954. The third kappa shape index (κ3) is 10.2. The zero-order chi connectivity index (χ0) is 15.1. The first-order valence-corrected chi connectivity index (χ1v) is 6.98. The fourth-order valence-electron chi connectivity index (χ4n) is 1.14. The second-order valence-electron chi connectivity index (χ2n) is 3.12. The molecule has 0 aromatic heterocycles. The molecular weight excluding hydrogens is 243 g/mol. The molecule has 0 saturated heterocycles. The van der Waals surface area contributed by atoms with E-state index in [0.29, 0.717) is 12.1 Å². The molecule has 0 atom stereocenters. The molecule has 0 unspecified atom stereocenters. The fourth-order valence-corrected chi connectivity index (χ4v) is 1.14. The van der Waals surface area contributed by atoms with Gasteiger partial charge in [-0.3, -0.25) is 4.79 Å². The van der Waals surface area contributed by atoms with Crippen LogP contribution < -0.4 is 10.6 Å². The highest BCUT2D eigenvalue weighted by Crippen LogP contribution is 2.01. The standard InChI is InChI=1S/C11H15FN2O.2C2H6/c1-2-13-7-8-14-11(15)9-3-5-10(12)6-4-9;2*1-2/h3-6,13H,2,7-8H2,1H3,(H,14,15);2*1-2H3. The van der Waals surface area contributed by atoms with Gasteiger partial charge in [0.25, 0.3) is 5.91 Å². The molecule has 1 amide bonds. The van der Waals surface area contributed by atoms with Crippen LogP contribution in [0.3, 0.4) is 0 Å². The summed E-state index contributed by atoms with van der Waals surface area (Å²) >= 11 is 0. The van der Waals surface area contributed by atoms with Crippen LogP contribution in [0.4, 0.5) is 4.39 Å². The molecule has 0 aliphatic carbocycles. The van der Waals surface area contributed by atoms with Crippen molar-refractivity contribution in [1.29, 1.82) is 0 Å². The van der Waals surface area contributed by atoms with Crippen LogP contribution in [-0.2, 0) is 0 Å². The molecule has 0 aliphatic rings. The van der Waals surface area contributed by atoms with Crippen LogP contribution in [0.1, 0.15) is 45.0 Å². The molecule has 0 bridgehead atoms. The van der Waals surface area contributed by atoms with Crippen LogP contribution in [0.15, 0.2) is 24.3 Å². The Bertz CT molecular complexity index is 312. The minimum atomic E-state index is -0.334. The molecule has 1 rings (SSSR count). The number of benzene rings is 1. The molecule has 0 spiro atoms. The Balaban J connectivity index is 0.